The second-order valence-corrected chi connectivity index (χ2v) is 7.90. The fourth-order valence-corrected chi connectivity index (χ4v) is 4.68. The van der Waals surface area contributed by atoms with Gasteiger partial charge in [-0.05, 0) is 62.3 Å². The summed E-state index contributed by atoms with van der Waals surface area (Å²) in [5.74, 6) is 1.57. The van der Waals surface area contributed by atoms with Crippen LogP contribution in [0.4, 0.5) is 5.82 Å². The summed E-state index contributed by atoms with van der Waals surface area (Å²) in [5, 5.41) is 19.2. The molecule has 1 aliphatic carbocycles. The van der Waals surface area contributed by atoms with Crippen molar-refractivity contribution in [3.05, 3.63) is 57.8 Å². The fourth-order valence-electron chi connectivity index (χ4n) is 4.68. The van der Waals surface area contributed by atoms with Crippen molar-refractivity contribution in [2.75, 3.05) is 18.1 Å². The molecule has 1 aromatic carbocycles. The van der Waals surface area contributed by atoms with Crippen molar-refractivity contribution in [3.8, 4) is 0 Å². The SMILES string of the molecule is O=c1c2ccccc2nc(C2CCCN2c2cc3c(nn2)CCCC3)n1CCO. The molecule has 0 radical (unpaired) electrons. The van der Waals surface area contributed by atoms with E-state index in [1.165, 1.54) is 18.4 Å². The summed E-state index contributed by atoms with van der Waals surface area (Å²) in [6, 6.07) is 9.55. The molecular weight excluding hydrogens is 366 g/mol. The molecule has 1 atom stereocenters. The van der Waals surface area contributed by atoms with Gasteiger partial charge in [-0.2, -0.15) is 5.10 Å². The molecule has 2 aromatic heterocycles. The van der Waals surface area contributed by atoms with Crippen molar-refractivity contribution >= 4 is 16.7 Å². The average Bonchev–Trinajstić information content (AvgIpc) is 3.25. The molecule has 1 saturated heterocycles. The minimum atomic E-state index is -0.0989. The van der Waals surface area contributed by atoms with Crippen LogP contribution in [0.3, 0.4) is 0 Å². The van der Waals surface area contributed by atoms with Crippen LogP contribution in [0.2, 0.25) is 0 Å². The summed E-state index contributed by atoms with van der Waals surface area (Å²) in [4.78, 5) is 20.2. The first-order valence-corrected chi connectivity index (χ1v) is 10.5. The molecule has 1 fully saturated rings. The number of aliphatic hydroxyl groups excluding tert-OH is 1. The van der Waals surface area contributed by atoms with E-state index in [9.17, 15) is 9.90 Å². The van der Waals surface area contributed by atoms with Gasteiger partial charge in [0.1, 0.15) is 5.82 Å². The lowest BCUT2D eigenvalue weighted by Crippen LogP contribution is -2.33. The Labute approximate surface area is 169 Å². The number of anilines is 1. The maximum absolute atomic E-state index is 13.1. The summed E-state index contributed by atoms with van der Waals surface area (Å²) in [6.07, 6.45) is 6.35. The number of fused-ring (bicyclic) bond motifs is 2. The summed E-state index contributed by atoms with van der Waals surface area (Å²) < 4.78 is 1.64. The van der Waals surface area contributed by atoms with Crippen molar-refractivity contribution in [3.63, 3.8) is 0 Å². The molecule has 29 heavy (non-hydrogen) atoms. The predicted octanol–water partition coefficient (Wildman–Crippen LogP) is 2.40. The first kappa shape index (κ1) is 18.2. The zero-order valence-electron chi connectivity index (χ0n) is 16.4. The van der Waals surface area contributed by atoms with Gasteiger partial charge in [-0.3, -0.25) is 9.36 Å². The lowest BCUT2D eigenvalue weighted by Gasteiger charge is -2.28. The first-order valence-electron chi connectivity index (χ1n) is 10.5. The van der Waals surface area contributed by atoms with Gasteiger partial charge in [0, 0.05) is 6.54 Å². The summed E-state index contributed by atoms with van der Waals surface area (Å²) in [6.45, 7) is 1.00. The van der Waals surface area contributed by atoms with Crippen LogP contribution in [0.1, 0.15) is 48.8 Å². The standard InChI is InChI=1S/C22H25N5O2/c28-13-12-27-21(23-18-9-4-2-7-16(18)22(27)29)19-10-5-11-26(19)20-14-15-6-1-3-8-17(15)24-25-20/h2,4,7,9,14,19,28H,1,3,5-6,8,10-13H2. The van der Waals surface area contributed by atoms with Crippen molar-refractivity contribution in [1.82, 2.24) is 19.7 Å². The molecule has 3 heterocycles. The topological polar surface area (TPSA) is 84.1 Å². The van der Waals surface area contributed by atoms with Crippen LogP contribution < -0.4 is 10.5 Å². The van der Waals surface area contributed by atoms with Gasteiger partial charge in [0.05, 0.1) is 35.8 Å². The zero-order valence-corrected chi connectivity index (χ0v) is 16.4. The molecule has 1 unspecified atom stereocenters. The van der Waals surface area contributed by atoms with Crippen LogP contribution in [-0.4, -0.2) is 38.0 Å². The number of para-hydroxylation sites is 1. The molecular formula is C22H25N5O2. The Balaban J connectivity index is 1.60. The van der Waals surface area contributed by atoms with Crippen LogP contribution in [0.25, 0.3) is 10.9 Å². The number of rotatable bonds is 4. The molecule has 0 saturated carbocycles. The largest absolute Gasteiger partial charge is 0.395 e. The first-order chi connectivity index (χ1) is 14.3. The predicted molar refractivity (Wildman–Crippen MR) is 111 cm³/mol. The fraction of sp³-hybridized carbons (Fsp3) is 0.455. The van der Waals surface area contributed by atoms with E-state index in [0.717, 1.165) is 43.7 Å². The smallest absolute Gasteiger partial charge is 0.261 e. The van der Waals surface area contributed by atoms with Crippen LogP contribution in [-0.2, 0) is 19.4 Å². The number of nitrogens with zero attached hydrogens (tertiary/aromatic N) is 5. The highest BCUT2D eigenvalue weighted by molar-refractivity contribution is 5.77. The number of hydrogen-bond donors (Lipinski definition) is 1. The Bertz CT molecular complexity index is 1110. The Kier molecular flexibility index (Phi) is 4.75. The average molecular weight is 391 g/mol. The van der Waals surface area contributed by atoms with Crippen molar-refractivity contribution in [2.24, 2.45) is 0 Å². The van der Waals surface area contributed by atoms with Gasteiger partial charge in [0.25, 0.3) is 5.56 Å². The molecule has 0 spiro atoms. The normalized spacial score (nSPS) is 18.9. The minimum absolute atomic E-state index is 0.0465. The molecule has 5 rings (SSSR count). The molecule has 3 aromatic rings. The minimum Gasteiger partial charge on any atom is -0.395 e. The summed E-state index contributed by atoms with van der Waals surface area (Å²) in [7, 11) is 0. The Morgan fingerprint density at radius 1 is 1.10 bits per heavy atom. The highest BCUT2D eigenvalue weighted by Crippen LogP contribution is 2.35. The second-order valence-electron chi connectivity index (χ2n) is 7.90. The highest BCUT2D eigenvalue weighted by Gasteiger charge is 2.32. The van der Waals surface area contributed by atoms with E-state index in [1.807, 2.05) is 18.2 Å². The van der Waals surface area contributed by atoms with Gasteiger partial charge in [0.15, 0.2) is 5.82 Å². The van der Waals surface area contributed by atoms with E-state index < -0.39 is 0 Å². The summed E-state index contributed by atoms with van der Waals surface area (Å²) >= 11 is 0. The van der Waals surface area contributed by atoms with Gasteiger partial charge in [0.2, 0.25) is 0 Å². The second kappa shape index (κ2) is 7.55. The molecule has 7 nitrogen and oxygen atoms in total. The van der Waals surface area contributed by atoms with E-state index in [1.54, 1.807) is 10.6 Å². The number of aryl methyl sites for hydroxylation is 2. The van der Waals surface area contributed by atoms with E-state index >= 15 is 0 Å². The van der Waals surface area contributed by atoms with Crippen molar-refractivity contribution in [1.29, 1.82) is 0 Å². The van der Waals surface area contributed by atoms with Crippen molar-refractivity contribution in [2.45, 2.75) is 51.1 Å². The third kappa shape index (κ3) is 3.19. The maximum atomic E-state index is 13.1. The lowest BCUT2D eigenvalue weighted by atomic mass is 9.97. The van der Waals surface area contributed by atoms with E-state index in [4.69, 9.17) is 4.98 Å². The highest BCUT2D eigenvalue weighted by atomic mass is 16.3. The van der Waals surface area contributed by atoms with Gasteiger partial charge >= 0.3 is 0 Å². The van der Waals surface area contributed by atoms with Crippen LogP contribution >= 0.6 is 0 Å². The third-order valence-electron chi connectivity index (χ3n) is 6.12. The monoisotopic (exact) mass is 391 g/mol. The van der Waals surface area contributed by atoms with Crippen LogP contribution in [0.15, 0.2) is 35.1 Å². The Hall–Kier alpha value is -2.80. The quantitative estimate of drug-likeness (QED) is 0.735. The molecule has 1 aliphatic heterocycles. The van der Waals surface area contributed by atoms with Gasteiger partial charge < -0.3 is 10.0 Å². The molecule has 0 bridgehead atoms. The van der Waals surface area contributed by atoms with Crippen molar-refractivity contribution < 1.29 is 5.11 Å². The maximum Gasteiger partial charge on any atom is 0.261 e. The Morgan fingerprint density at radius 3 is 2.86 bits per heavy atom. The zero-order chi connectivity index (χ0) is 19.8. The summed E-state index contributed by atoms with van der Waals surface area (Å²) in [5.41, 5.74) is 3.02. The van der Waals surface area contributed by atoms with Gasteiger partial charge in [-0.25, -0.2) is 4.98 Å². The van der Waals surface area contributed by atoms with Crippen LogP contribution in [0, 0.1) is 0 Å². The number of hydrogen-bond acceptors (Lipinski definition) is 6. The lowest BCUT2D eigenvalue weighted by molar-refractivity contribution is 0.270. The van der Waals surface area contributed by atoms with Gasteiger partial charge in [-0.1, -0.05) is 12.1 Å². The van der Waals surface area contributed by atoms with E-state index in [-0.39, 0.29) is 24.8 Å². The van der Waals surface area contributed by atoms with E-state index in [2.05, 4.69) is 21.2 Å². The van der Waals surface area contributed by atoms with E-state index in [0.29, 0.717) is 16.7 Å². The molecule has 0 amide bonds. The number of benzene rings is 1. The van der Waals surface area contributed by atoms with Crippen LogP contribution in [0.5, 0.6) is 0 Å². The Morgan fingerprint density at radius 2 is 1.97 bits per heavy atom. The molecule has 7 heteroatoms. The molecule has 150 valence electrons. The van der Waals surface area contributed by atoms with Gasteiger partial charge in [-0.15, -0.1) is 5.10 Å². The molecule has 2 aliphatic rings. The third-order valence-corrected chi connectivity index (χ3v) is 6.12. The number of aromatic nitrogens is 4. The molecule has 1 N–H and O–H groups in total. The number of aliphatic hydroxyl groups is 1.